The molecule has 2 amide bonds. The summed E-state index contributed by atoms with van der Waals surface area (Å²) in [7, 11) is 0. The molecular weight excluding hydrogens is 376 g/mol. The first-order chi connectivity index (χ1) is 14.4. The van der Waals surface area contributed by atoms with Crippen molar-refractivity contribution in [2.24, 2.45) is 0 Å². The number of nitrogens with one attached hydrogen (secondary N) is 1. The lowest BCUT2D eigenvalue weighted by atomic mass is 10.0. The Labute approximate surface area is 179 Å². The van der Waals surface area contributed by atoms with Crippen LogP contribution >= 0.6 is 0 Å². The van der Waals surface area contributed by atoms with Crippen LogP contribution in [0, 0.1) is 0 Å². The molecule has 0 aromatic heterocycles. The van der Waals surface area contributed by atoms with E-state index in [1.807, 2.05) is 59.5 Å². The van der Waals surface area contributed by atoms with E-state index in [0.29, 0.717) is 31.2 Å². The van der Waals surface area contributed by atoms with E-state index in [-0.39, 0.29) is 17.9 Å². The molecule has 30 heavy (non-hydrogen) atoms. The van der Waals surface area contributed by atoms with Gasteiger partial charge >= 0.3 is 0 Å². The summed E-state index contributed by atoms with van der Waals surface area (Å²) in [5.74, 6) is 1.19. The number of carbonyl (C=O) groups is 2. The quantitative estimate of drug-likeness (QED) is 0.755. The van der Waals surface area contributed by atoms with Crippen LogP contribution in [-0.4, -0.2) is 41.9 Å². The van der Waals surface area contributed by atoms with Crippen molar-refractivity contribution in [1.82, 2.24) is 10.2 Å². The zero-order chi connectivity index (χ0) is 21.5. The Morgan fingerprint density at radius 1 is 1.00 bits per heavy atom. The number of benzene rings is 2. The summed E-state index contributed by atoms with van der Waals surface area (Å²) in [4.78, 5) is 26.9. The second-order valence-corrected chi connectivity index (χ2v) is 8.31. The van der Waals surface area contributed by atoms with Crippen LogP contribution in [0.15, 0.2) is 54.6 Å². The van der Waals surface area contributed by atoms with Crippen molar-refractivity contribution in [3.05, 3.63) is 65.7 Å². The van der Waals surface area contributed by atoms with Crippen LogP contribution in [0.3, 0.4) is 0 Å². The molecule has 3 rings (SSSR count). The molecule has 1 unspecified atom stereocenters. The highest BCUT2D eigenvalue weighted by Crippen LogP contribution is 2.20. The van der Waals surface area contributed by atoms with E-state index in [1.165, 1.54) is 5.56 Å². The Hall–Kier alpha value is -2.82. The summed E-state index contributed by atoms with van der Waals surface area (Å²) in [5, 5.41) is 3.08. The highest BCUT2D eigenvalue weighted by molar-refractivity contribution is 5.81. The molecule has 5 nitrogen and oxygen atoms in total. The van der Waals surface area contributed by atoms with E-state index in [0.717, 1.165) is 18.4 Å². The number of amides is 2. The van der Waals surface area contributed by atoms with Crippen LogP contribution in [0.2, 0.25) is 0 Å². The molecule has 0 aliphatic carbocycles. The summed E-state index contributed by atoms with van der Waals surface area (Å²) >= 11 is 0. The fourth-order valence-corrected chi connectivity index (χ4v) is 3.66. The van der Waals surface area contributed by atoms with E-state index < -0.39 is 6.10 Å². The van der Waals surface area contributed by atoms with Gasteiger partial charge in [-0.3, -0.25) is 9.59 Å². The molecule has 0 spiro atoms. The van der Waals surface area contributed by atoms with E-state index in [9.17, 15) is 9.59 Å². The number of piperidine rings is 1. The van der Waals surface area contributed by atoms with Crippen molar-refractivity contribution in [3.8, 4) is 5.75 Å². The predicted molar refractivity (Wildman–Crippen MR) is 119 cm³/mol. The van der Waals surface area contributed by atoms with Crippen molar-refractivity contribution in [1.29, 1.82) is 0 Å². The lowest BCUT2D eigenvalue weighted by Crippen LogP contribution is -2.49. The molecule has 2 aromatic rings. The van der Waals surface area contributed by atoms with Gasteiger partial charge in [-0.2, -0.15) is 0 Å². The first-order valence-corrected chi connectivity index (χ1v) is 10.8. The summed E-state index contributed by atoms with van der Waals surface area (Å²) in [5.41, 5.74) is 2.28. The van der Waals surface area contributed by atoms with Gasteiger partial charge < -0.3 is 15.0 Å². The van der Waals surface area contributed by atoms with Gasteiger partial charge in [-0.25, -0.2) is 0 Å². The van der Waals surface area contributed by atoms with Crippen LogP contribution in [0.25, 0.3) is 0 Å². The van der Waals surface area contributed by atoms with Crippen LogP contribution in [-0.2, 0) is 16.0 Å². The third-order valence-electron chi connectivity index (χ3n) is 5.62. The summed E-state index contributed by atoms with van der Waals surface area (Å²) < 4.78 is 5.80. The Morgan fingerprint density at radius 2 is 1.63 bits per heavy atom. The highest BCUT2D eigenvalue weighted by atomic mass is 16.5. The molecule has 1 heterocycles. The predicted octanol–water partition coefficient (Wildman–Crippen LogP) is 3.93. The van der Waals surface area contributed by atoms with E-state index in [4.69, 9.17) is 4.74 Å². The van der Waals surface area contributed by atoms with Crippen LogP contribution in [0.4, 0.5) is 0 Å². The summed E-state index contributed by atoms with van der Waals surface area (Å²) in [6.07, 6.45) is 1.40. The Bertz CT molecular complexity index is 825. The van der Waals surface area contributed by atoms with Crippen LogP contribution in [0.1, 0.15) is 50.7 Å². The molecule has 1 aliphatic heterocycles. The van der Waals surface area contributed by atoms with Crippen LogP contribution < -0.4 is 10.1 Å². The normalized spacial score (nSPS) is 15.7. The molecule has 5 heteroatoms. The number of ether oxygens (including phenoxy) is 1. The minimum absolute atomic E-state index is 0.0765. The smallest absolute Gasteiger partial charge is 0.260 e. The topological polar surface area (TPSA) is 58.6 Å². The van der Waals surface area contributed by atoms with E-state index >= 15 is 0 Å². The Kier molecular flexibility index (Phi) is 7.50. The number of hydrogen-bond donors (Lipinski definition) is 1. The number of likely N-dealkylation sites (tertiary alicyclic amines) is 1. The molecule has 1 atom stereocenters. The summed E-state index contributed by atoms with van der Waals surface area (Å²) in [6.45, 7) is 7.40. The lowest BCUT2D eigenvalue weighted by molar-refractivity contribution is -0.132. The third-order valence-corrected chi connectivity index (χ3v) is 5.62. The third kappa shape index (κ3) is 6.09. The molecule has 1 fully saturated rings. The van der Waals surface area contributed by atoms with Gasteiger partial charge in [-0.05, 0) is 48.9 Å². The zero-order valence-corrected chi connectivity index (χ0v) is 18.1. The van der Waals surface area contributed by atoms with E-state index in [1.54, 1.807) is 6.92 Å². The first kappa shape index (κ1) is 21.9. The van der Waals surface area contributed by atoms with E-state index in [2.05, 4.69) is 19.2 Å². The molecule has 1 saturated heterocycles. The molecule has 0 radical (unpaired) electrons. The largest absolute Gasteiger partial charge is 0.481 e. The fraction of sp³-hybridized carbons (Fsp3) is 0.440. The van der Waals surface area contributed by atoms with Gasteiger partial charge in [-0.15, -0.1) is 0 Å². The Morgan fingerprint density at radius 3 is 2.23 bits per heavy atom. The standard InChI is InChI=1S/C25H32N2O3/c1-18(2)21-9-11-23(12-10-21)30-19(3)25(29)26-22-13-15-27(16-14-22)24(28)17-20-7-5-4-6-8-20/h4-12,18-19,22H,13-17H2,1-3H3,(H,26,29). The lowest BCUT2D eigenvalue weighted by Gasteiger charge is -2.33. The van der Waals surface area contributed by atoms with Gasteiger partial charge in [0.25, 0.3) is 5.91 Å². The fourth-order valence-electron chi connectivity index (χ4n) is 3.66. The molecule has 160 valence electrons. The number of carbonyl (C=O) groups excluding carboxylic acids is 2. The highest BCUT2D eigenvalue weighted by Gasteiger charge is 2.25. The molecule has 0 saturated carbocycles. The summed E-state index contributed by atoms with van der Waals surface area (Å²) in [6, 6.07) is 17.8. The van der Waals surface area contributed by atoms with Crippen molar-refractivity contribution in [2.45, 2.75) is 58.1 Å². The maximum Gasteiger partial charge on any atom is 0.260 e. The monoisotopic (exact) mass is 408 g/mol. The van der Waals surface area contributed by atoms with Crippen molar-refractivity contribution in [2.75, 3.05) is 13.1 Å². The SMILES string of the molecule is CC(Oc1ccc(C(C)C)cc1)C(=O)NC1CCN(C(=O)Cc2ccccc2)CC1. The van der Waals surface area contributed by atoms with Gasteiger partial charge in [0.1, 0.15) is 5.75 Å². The van der Waals surface area contributed by atoms with Crippen molar-refractivity contribution >= 4 is 11.8 Å². The van der Waals surface area contributed by atoms with Crippen LogP contribution in [0.5, 0.6) is 5.75 Å². The minimum Gasteiger partial charge on any atom is -0.481 e. The number of rotatable bonds is 7. The minimum atomic E-state index is -0.562. The second kappa shape index (κ2) is 10.3. The number of nitrogens with zero attached hydrogens (tertiary/aromatic N) is 1. The van der Waals surface area contributed by atoms with Gasteiger partial charge in [0.15, 0.2) is 6.10 Å². The molecule has 0 bridgehead atoms. The molecular formula is C25H32N2O3. The van der Waals surface area contributed by atoms with Gasteiger partial charge in [0.05, 0.1) is 6.42 Å². The van der Waals surface area contributed by atoms with Gasteiger partial charge in [0.2, 0.25) is 5.91 Å². The van der Waals surface area contributed by atoms with Crippen molar-refractivity contribution < 1.29 is 14.3 Å². The maximum absolute atomic E-state index is 12.5. The number of hydrogen-bond acceptors (Lipinski definition) is 3. The zero-order valence-electron chi connectivity index (χ0n) is 18.1. The van der Waals surface area contributed by atoms with Gasteiger partial charge in [-0.1, -0.05) is 56.3 Å². The average Bonchev–Trinajstić information content (AvgIpc) is 2.75. The first-order valence-electron chi connectivity index (χ1n) is 10.8. The molecule has 1 aliphatic rings. The molecule has 1 N–H and O–H groups in total. The van der Waals surface area contributed by atoms with Gasteiger partial charge in [0, 0.05) is 19.1 Å². The molecule has 2 aromatic carbocycles. The van der Waals surface area contributed by atoms with Crippen molar-refractivity contribution in [3.63, 3.8) is 0 Å². The second-order valence-electron chi connectivity index (χ2n) is 8.31. The average molecular weight is 409 g/mol. The maximum atomic E-state index is 12.5. The Balaban J connectivity index is 1.42.